The van der Waals surface area contributed by atoms with E-state index in [2.05, 4.69) is 5.32 Å². The Kier molecular flexibility index (Phi) is 7.15. The van der Waals surface area contributed by atoms with Gasteiger partial charge >= 0.3 is 0 Å². The van der Waals surface area contributed by atoms with E-state index in [1.165, 1.54) is 11.1 Å². The number of methoxy groups -OCH3 is 1. The number of rotatable bonds is 9. The lowest BCUT2D eigenvalue weighted by Gasteiger charge is -2.08. The summed E-state index contributed by atoms with van der Waals surface area (Å²) in [7, 11) is 1.65. The third-order valence-corrected chi connectivity index (χ3v) is 3.73. The van der Waals surface area contributed by atoms with Gasteiger partial charge in [0.2, 0.25) is 5.91 Å². The van der Waals surface area contributed by atoms with Crippen LogP contribution in [0.1, 0.15) is 24.0 Å². The number of amides is 1. The van der Waals surface area contributed by atoms with E-state index < -0.39 is 0 Å². The van der Waals surface area contributed by atoms with Crippen molar-refractivity contribution in [3.05, 3.63) is 59.7 Å². The second-order valence-electron chi connectivity index (χ2n) is 5.71. The van der Waals surface area contributed by atoms with Gasteiger partial charge in [-0.15, -0.1) is 0 Å². The number of ether oxygens (including phenoxy) is 2. The highest BCUT2D eigenvalue weighted by atomic mass is 16.5. The van der Waals surface area contributed by atoms with Crippen LogP contribution in [0.15, 0.2) is 48.5 Å². The zero-order chi connectivity index (χ0) is 17.2. The molecule has 0 atom stereocenters. The smallest absolute Gasteiger partial charge is 0.220 e. The highest BCUT2D eigenvalue weighted by Crippen LogP contribution is 2.12. The molecule has 0 unspecified atom stereocenters. The number of hydrogen-bond acceptors (Lipinski definition) is 3. The van der Waals surface area contributed by atoms with Gasteiger partial charge in [0.1, 0.15) is 11.5 Å². The van der Waals surface area contributed by atoms with Gasteiger partial charge in [-0.1, -0.05) is 29.8 Å². The van der Waals surface area contributed by atoms with Crippen LogP contribution < -0.4 is 14.8 Å². The van der Waals surface area contributed by atoms with Gasteiger partial charge < -0.3 is 14.8 Å². The van der Waals surface area contributed by atoms with Crippen LogP contribution in [0, 0.1) is 6.92 Å². The van der Waals surface area contributed by atoms with Gasteiger partial charge in [-0.2, -0.15) is 0 Å². The van der Waals surface area contributed by atoms with E-state index in [-0.39, 0.29) is 5.91 Å². The van der Waals surface area contributed by atoms with Crippen LogP contribution in [0.4, 0.5) is 0 Å². The van der Waals surface area contributed by atoms with Crippen LogP contribution in [-0.2, 0) is 11.2 Å². The molecule has 24 heavy (non-hydrogen) atoms. The zero-order valence-electron chi connectivity index (χ0n) is 14.4. The predicted molar refractivity (Wildman–Crippen MR) is 95.6 cm³/mol. The SMILES string of the molecule is COc1ccc(CCNC(=O)CCCOc2ccc(C)cc2)cc1. The Labute approximate surface area is 143 Å². The van der Waals surface area contributed by atoms with Gasteiger partial charge in [-0.3, -0.25) is 4.79 Å². The number of nitrogens with one attached hydrogen (secondary N) is 1. The Bertz CT molecular complexity index is 620. The van der Waals surface area contributed by atoms with Crippen molar-refractivity contribution >= 4 is 5.91 Å². The first-order chi connectivity index (χ1) is 11.7. The molecule has 4 heteroatoms. The molecule has 0 saturated carbocycles. The third-order valence-electron chi connectivity index (χ3n) is 3.73. The van der Waals surface area contributed by atoms with Crippen molar-refractivity contribution in [2.24, 2.45) is 0 Å². The molecule has 0 aliphatic heterocycles. The lowest BCUT2D eigenvalue weighted by molar-refractivity contribution is -0.121. The number of hydrogen-bond donors (Lipinski definition) is 1. The number of carbonyl (C=O) groups excluding carboxylic acids is 1. The Hall–Kier alpha value is -2.49. The van der Waals surface area contributed by atoms with Gasteiger partial charge in [0.25, 0.3) is 0 Å². The summed E-state index contributed by atoms with van der Waals surface area (Å²) < 4.78 is 10.7. The van der Waals surface area contributed by atoms with Crippen molar-refractivity contribution in [1.29, 1.82) is 0 Å². The fraction of sp³-hybridized carbons (Fsp3) is 0.350. The summed E-state index contributed by atoms with van der Waals surface area (Å²) in [5.41, 5.74) is 2.39. The van der Waals surface area contributed by atoms with E-state index in [0.29, 0.717) is 26.0 Å². The van der Waals surface area contributed by atoms with Gasteiger partial charge in [0.15, 0.2) is 0 Å². The largest absolute Gasteiger partial charge is 0.497 e. The van der Waals surface area contributed by atoms with E-state index in [9.17, 15) is 4.79 Å². The highest BCUT2D eigenvalue weighted by Gasteiger charge is 2.02. The second-order valence-corrected chi connectivity index (χ2v) is 5.71. The first-order valence-electron chi connectivity index (χ1n) is 8.26. The number of benzene rings is 2. The van der Waals surface area contributed by atoms with E-state index in [4.69, 9.17) is 9.47 Å². The summed E-state index contributed by atoms with van der Waals surface area (Å²) in [5.74, 6) is 1.76. The molecular formula is C20H25NO3. The van der Waals surface area contributed by atoms with E-state index in [1.54, 1.807) is 7.11 Å². The summed E-state index contributed by atoms with van der Waals surface area (Å²) in [4.78, 5) is 11.8. The van der Waals surface area contributed by atoms with Crippen LogP contribution in [0.25, 0.3) is 0 Å². The number of aryl methyl sites for hydroxylation is 1. The molecular weight excluding hydrogens is 302 g/mol. The maximum Gasteiger partial charge on any atom is 0.220 e. The molecule has 0 aliphatic carbocycles. The Balaban J connectivity index is 1.56. The topological polar surface area (TPSA) is 47.6 Å². The molecule has 2 aromatic rings. The minimum atomic E-state index is 0.0658. The summed E-state index contributed by atoms with van der Waals surface area (Å²) in [6.45, 7) is 3.24. The van der Waals surface area contributed by atoms with Gasteiger partial charge in [0, 0.05) is 13.0 Å². The molecule has 0 saturated heterocycles. The fourth-order valence-corrected chi connectivity index (χ4v) is 2.28. The molecule has 0 aliphatic rings. The maximum absolute atomic E-state index is 11.8. The van der Waals surface area contributed by atoms with Crippen LogP contribution in [0.2, 0.25) is 0 Å². The van der Waals surface area contributed by atoms with Gasteiger partial charge in [-0.25, -0.2) is 0 Å². The number of carbonyl (C=O) groups is 1. The molecule has 2 rings (SSSR count). The molecule has 0 heterocycles. The zero-order valence-corrected chi connectivity index (χ0v) is 14.4. The van der Waals surface area contributed by atoms with Crippen molar-refractivity contribution in [3.63, 3.8) is 0 Å². The van der Waals surface area contributed by atoms with Crippen molar-refractivity contribution in [2.75, 3.05) is 20.3 Å². The van der Waals surface area contributed by atoms with Crippen LogP contribution in [0.5, 0.6) is 11.5 Å². The first kappa shape index (κ1) is 17.9. The molecule has 2 aromatic carbocycles. The minimum Gasteiger partial charge on any atom is -0.497 e. The van der Waals surface area contributed by atoms with E-state index in [1.807, 2.05) is 55.5 Å². The Morgan fingerprint density at radius 2 is 1.67 bits per heavy atom. The van der Waals surface area contributed by atoms with E-state index >= 15 is 0 Å². The predicted octanol–water partition coefficient (Wildman–Crippen LogP) is 3.52. The lowest BCUT2D eigenvalue weighted by Crippen LogP contribution is -2.25. The molecule has 0 radical (unpaired) electrons. The van der Waals surface area contributed by atoms with Crippen LogP contribution in [0.3, 0.4) is 0 Å². The standard InChI is InChI=1S/C20H25NO3/c1-16-5-9-19(10-6-16)24-15-3-4-20(22)21-14-13-17-7-11-18(23-2)12-8-17/h5-12H,3-4,13-15H2,1-2H3,(H,21,22). The average Bonchev–Trinajstić information content (AvgIpc) is 2.61. The summed E-state index contributed by atoms with van der Waals surface area (Å²) >= 11 is 0. The fourth-order valence-electron chi connectivity index (χ4n) is 2.28. The first-order valence-corrected chi connectivity index (χ1v) is 8.26. The van der Waals surface area contributed by atoms with Crippen molar-refractivity contribution in [2.45, 2.75) is 26.2 Å². The summed E-state index contributed by atoms with van der Waals surface area (Å²) in [6.07, 6.45) is 2.01. The third kappa shape index (κ3) is 6.32. The highest BCUT2D eigenvalue weighted by molar-refractivity contribution is 5.75. The molecule has 4 nitrogen and oxygen atoms in total. The average molecular weight is 327 g/mol. The molecule has 1 N–H and O–H groups in total. The Morgan fingerprint density at radius 3 is 2.33 bits per heavy atom. The van der Waals surface area contributed by atoms with Crippen molar-refractivity contribution in [1.82, 2.24) is 5.32 Å². The lowest BCUT2D eigenvalue weighted by atomic mass is 10.1. The molecule has 128 valence electrons. The van der Waals surface area contributed by atoms with Crippen LogP contribution >= 0.6 is 0 Å². The van der Waals surface area contributed by atoms with Crippen molar-refractivity contribution < 1.29 is 14.3 Å². The normalized spacial score (nSPS) is 10.2. The van der Waals surface area contributed by atoms with Crippen molar-refractivity contribution in [3.8, 4) is 11.5 Å². The maximum atomic E-state index is 11.8. The summed E-state index contributed by atoms with van der Waals surface area (Å²) in [6, 6.07) is 15.8. The second kappa shape index (κ2) is 9.60. The van der Waals surface area contributed by atoms with Crippen LogP contribution in [-0.4, -0.2) is 26.2 Å². The summed E-state index contributed by atoms with van der Waals surface area (Å²) in [5, 5.41) is 2.94. The molecule has 1 amide bonds. The molecule has 0 bridgehead atoms. The minimum absolute atomic E-state index is 0.0658. The Morgan fingerprint density at radius 1 is 1.00 bits per heavy atom. The van der Waals surface area contributed by atoms with E-state index in [0.717, 1.165) is 17.9 Å². The van der Waals surface area contributed by atoms with Gasteiger partial charge in [0.05, 0.1) is 13.7 Å². The molecule has 0 aromatic heterocycles. The molecule has 0 fully saturated rings. The quantitative estimate of drug-likeness (QED) is 0.717. The molecule has 0 spiro atoms. The monoisotopic (exact) mass is 327 g/mol. The van der Waals surface area contributed by atoms with Gasteiger partial charge in [-0.05, 0) is 49.6 Å².